The highest BCUT2D eigenvalue weighted by molar-refractivity contribution is 6.32. The lowest BCUT2D eigenvalue weighted by Crippen LogP contribution is -2.37. The molecule has 2 aromatic heterocycles. The number of nitrogens with one attached hydrogen (secondary N) is 1. The van der Waals surface area contributed by atoms with Crippen LogP contribution in [0, 0.1) is 0 Å². The summed E-state index contributed by atoms with van der Waals surface area (Å²) < 4.78 is 42.3. The molecule has 40 heavy (non-hydrogen) atoms. The van der Waals surface area contributed by atoms with Crippen LogP contribution >= 0.6 is 23.2 Å². The van der Waals surface area contributed by atoms with Gasteiger partial charge in [-0.2, -0.15) is 13.2 Å². The molecule has 4 aromatic rings. The van der Waals surface area contributed by atoms with Crippen molar-refractivity contribution in [2.24, 2.45) is 0 Å². The molecule has 16 heteroatoms. The first-order valence-corrected chi connectivity index (χ1v) is 12.4. The minimum absolute atomic E-state index is 0.0236. The largest absolute Gasteiger partial charge is 0.416 e. The van der Waals surface area contributed by atoms with E-state index in [0.29, 0.717) is 15.3 Å². The van der Waals surface area contributed by atoms with Crippen LogP contribution in [0.3, 0.4) is 0 Å². The number of aromatic nitrogens is 6. The molecule has 0 spiro atoms. The summed E-state index contributed by atoms with van der Waals surface area (Å²) in [6.45, 7) is -0.814. The number of hydrogen-bond donors (Lipinski definition) is 3. The van der Waals surface area contributed by atoms with E-state index in [2.05, 4.69) is 20.5 Å². The van der Waals surface area contributed by atoms with Crippen molar-refractivity contribution in [3.8, 4) is 17.1 Å². The van der Waals surface area contributed by atoms with E-state index >= 15 is 0 Å². The molecule has 0 radical (unpaired) electrons. The quantitative estimate of drug-likeness (QED) is 0.269. The number of benzene rings is 2. The zero-order chi connectivity index (χ0) is 29.2. The monoisotopic (exact) mass is 599 g/mol. The van der Waals surface area contributed by atoms with E-state index < -0.39 is 49.6 Å². The lowest BCUT2D eigenvalue weighted by Gasteiger charge is -2.16. The number of rotatable bonds is 9. The fraction of sp³-hybridized carbons (Fsp3) is 0.292. The summed E-state index contributed by atoms with van der Waals surface area (Å²) in [5.41, 5.74) is -0.338. The molecule has 3 N–H and O–H groups in total. The van der Waals surface area contributed by atoms with Crippen LogP contribution in [0.15, 0.2) is 53.3 Å². The van der Waals surface area contributed by atoms with E-state index in [0.717, 1.165) is 4.68 Å². The van der Waals surface area contributed by atoms with Gasteiger partial charge in [0.1, 0.15) is 12.6 Å². The molecule has 2 atom stereocenters. The van der Waals surface area contributed by atoms with Crippen LogP contribution in [-0.4, -0.2) is 64.1 Å². The van der Waals surface area contributed by atoms with Crippen molar-refractivity contribution in [2.45, 2.75) is 38.3 Å². The molecule has 0 aliphatic rings. The lowest BCUT2D eigenvalue weighted by atomic mass is 10.2. The highest BCUT2D eigenvalue weighted by Gasteiger charge is 2.39. The first kappa shape index (κ1) is 29.3. The standard InChI is InChI=1S/C24H22Cl2F3N7O4/c1-13(38)30-17(12-37)22-31-20(32-36(22)18-5-3-2-4-16(18)26)11-35-23(40)34(10-19(39)24(27,28)29)21(33-35)14-6-8-15(25)9-7-14/h2-9,17,19,37,39H,10-12H2,1H3,(H,30,38). The Bertz CT molecular complexity index is 1570. The summed E-state index contributed by atoms with van der Waals surface area (Å²) in [5, 5.41) is 31.4. The fourth-order valence-corrected chi connectivity index (χ4v) is 4.17. The maximum Gasteiger partial charge on any atom is 0.416 e. The molecule has 4 rings (SSSR count). The molecule has 0 bridgehead atoms. The van der Waals surface area contributed by atoms with Crippen molar-refractivity contribution in [3.05, 3.63) is 80.7 Å². The Balaban J connectivity index is 1.81. The van der Waals surface area contributed by atoms with E-state index in [1.54, 1.807) is 24.3 Å². The van der Waals surface area contributed by atoms with Crippen LogP contribution in [0.5, 0.6) is 0 Å². The molecule has 0 aliphatic heterocycles. The van der Waals surface area contributed by atoms with E-state index in [1.165, 1.54) is 35.9 Å². The summed E-state index contributed by atoms with van der Waals surface area (Å²) in [7, 11) is 0. The van der Waals surface area contributed by atoms with Crippen LogP contribution < -0.4 is 11.0 Å². The van der Waals surface area contributed by atoms with Gasteiger partial charge in [0.2, 0.25) is 5.91 Å². The smallest absolute Gasteiger partial charge is 0.394 e. The molecule has 2 heterocycles. The summed E-state index contributed by atoms with van der Waals surface area (Å²) in [6, 6.07) is 11.4. The Morgan fingerprint density at radius 2 is 1.77 bits per heavy atom. The van der Waals surface area contributed by atoms with Gasteiger partial charge >= 0.3 is 11.9 Å². The third-order valence-corrected chi connectivity index (χ3v) is 6.25. The minimum atomic E-state index is -4.98. The second-order valence-electron chi connectivity index (χ2n) is 8.62. The van der Waals surface area contributed by atoms with Crippen LogP contribution in [-0.2, 0) is 17.9 Å². The number of alkyl halides is 3. The van der Waals surface area contributed by atoms with E-state index in [-0.39, 0.29) is 28.1 Å². The van der Waals surface area contributed by atoms with Gasteiger partial charge in [0, 0.05) is 17.5 Å². The van der Waals surface area contributed by atoms with Gasteiger partial charge in [0.15, 0.2) is 23.6 Å². The van der Waals surface area contributed by atoms with Crippen LogP contribution in [0.2, 0.25) is 10.0 Å². The number of aliphatic hydroxyl groups is 2. The number of aliphatic hydroxyl groups excluding tert-OH is 2. The Morgan fingerprint density at radius 3 is 2.38 bits per heavy atom. The first-order chi connectivity index (χ1) is 18.9. The van der Waals surface area contributed by atoms with Crippen molar-refractivity contribution < 1.29 is 28.2 Å². The SMILES string of the molecule is CC(=O)NC(CO)c1nc(Cn2nc(-c3ccc(Cl)cc3)n(CC(O)C(F)(F)F)c2=O)nn1-c1ccccc1Cl. The highest BCUT2D eigenvalue weighted by atomic mass is 35.5. The zero-order valence-corrected chi connectivity index (χ0v) is 22.2. The number of nitrogens with zero attached hydrogens (tertiary/aromatic N) is 6. The minimum Gasteiger partial charge on any atom is -0.394 e. The molecular weight excluding hydrogens is 578 g/mol. The summed E-state index contributed by atoms with van der Waals surface area (Å²) >= 11 is 12.3. The average molecular weight is 600 g/mol. The maximum atomic E-state index is 13.2. The van der Waals surface area contributed by atoms with Crippen molar-refractivity contribution in [3.63, 3.8) is 0 Å². The van der Waals surface area contributed by atoms with E-state index in [9.17, 15) is 33.0 Å². The Morgan fingerprint density at radius 1 is 1.10 bits per heavy atom. The molecule has 0 saturated heterocycles. The van der Waals surface area contributed by atoms with Crippen molar-refractivity contribution >= 4 is 29.1 Å². The predicted octanol–water partition coefficient (Wildman–Crippen LogP) is 2.74. The predicted molar refractivity (Wildman–Crippen MR) is 138 cm³/mol. The van der Waals surface area contributed by atoms with Crippen LogP contribution in [0.1, 0.15) is 24.6 Å². The molecule has 11 nitrogen and oxygen atoms in total. The van der Waals surface area contributed by atoms with Crippen molar-refractivity contribution in [1.82, 2.24) is 34.4 Å². The van der Waals surface area contributed by atoms with Gasteiger partial charge in [-0.1, -0.05) is 35.3 Å². The fourth-order valence-electron chi connectivity index (χ4n) is 3.83. The van der Waals surface area contributed by atoms with Gasteiger partial charge in [-0.15, -0.1) is 10.2 Å². The van der Waals surface area contributed by atoms with Gasteiger partial charge in [-0.05, 0) is 36.4 Å². The molecule has 0 aliphatic carbocycles. The third kappa shape index (κ3) is 6.36. The van der Waals surface area contributed by atoms with Gasteiger partial charge in [-0.3, -0.25) is 9.36 Å². The van der Waals surface area contributed by atoms with E-state index in [4.69, 9.17) is 23.2 Å². The summed E-state index contributed by atoms with van der Waals surface area (Å²) in [4.78, 5) is 29.3. The Kier molecular flexibility index (Phi) is 8.63. The normalized spacial score (nSPS) is 13.3. The number of para-hydroxylation sites is 1. The molecule has 1 amide bonds. The molecule has 212 valence electrons. The summed E-state index contributed by atoms with van der Waals surface area (Å²) in [5.74, 6) is -0.550. The third-order valence-electron chi connectivity index (χ3n) is 5.68. The van der Waals surface area contributed by atoms with Gasteiger partial charge < -0.3 is 15.5 Å². The zero-order valence-electron chi connectivity index (χ0n) is 20.7. The highest BCUT2D eigenvalue weighted by Crippen LogP contribution is 2.25. The van der Waals surface area contributed by atoms with E-state index in [1.807, 2.05) is 0 Å². The number of hydrogen-bond acceptors (Lipinski definition) is 7. The van der Waals surface area contributed by atoms with Gasteiger partial charge in [0.25, 0.3) is 0 Å². The Hall–Kier alpha value is -3.72. The second-order valence-corrected chi connectivity index (χ2v) is 9.47. The Labute approximate surface area is 234 Å². The number of carbonyl (C=O) groups excluding carboxylic acids is 1. The van der Waals surface area contributed by atoms with Crippen LogP contribution in [0.4, 0.5) is 13.2 Å². The molecule has 0 saturated carbocycles. The van der Waals surface area contributed by atoms with Crippen molar-refractivity contribution in [2.75, 3.05) is 6.61 Å². The molecule has 2 aromatic carbocycles. The maximum absolute atomic E-state index is 13.2. The average Bonchev–Trinajstić information content (AvgIpc) is 3.44. The van der Waals surface area contributed by atoms with Crippen molar-refractivity contribution in [1.29, 1.82) is 0 Å². The molecule has 2 unspecified atom stereocenters. The second kappa shape index (κ2) is 11.8. The first-order valence-electron chi connectivity index (χ1n) is 11.7. The topological polar surface area (TPSA) is 140 Å². The number of amides is 1. The summed E-state index contributed by atoms with van der Waals surface area (Å²) in [6.07, 6.45) is -7.81. The lowest BCUT2D eigenvalue weighted by molar-refractivity contribution is -0.207. The number of halogens is 5. The molecule has 0 fully saturated rings. The van der Waals surface area contributed by atoms with Gasteiger partial charge in [0.05, 0.1) is 23.9 Å². The number of carbonyl (C=O) groups is 1. The van der Waals surface area contributed by atoms with Crippen LogP contribution in [0.25, 0.3) is 17.1 Å². The molecular formula is C24H22Cl2F3N7O4. The van der Waals surface area contributed by atoms with Gasteiger partial charge in [-0.25, -0.2) is 19.1 Å².